The Balaban J connectivity index is 0.000000187. The summed E-state index contributed by atoms with van der Waals surface area (Å²) >= 11 is 1.82. The Morgan fingerprint density at radius 3 is 1.79 bits per heavy atom. The van der Waals surface area contributed by atoms with Gasteiger partial charge in [-0.15, -0.1) is 10.2 Å². The molecular formula is C14H11N3OS. The highest BCUT2D eigenvalue weighted by Crippen LogP contribution is 2.43. The van der Waals surface area contributed by atoms with E-state index in [0.29, 0.717) is 0 Å². The molecule has 1 aliphatic rings. The Morgan fingerprint density at radius 1 is 0.789 bits per heavy atom. The molecule has 4 rings (SSSR count). The van der Waals surface area contributed by atoms with Gasteiger partial charge in [0.15, 0.2) is 0 Å². The summed E-state index contributed by atoms with van der Waals surface area (Å²) in [7, 11) is 0. The fourth-order valence-electron chi connectivity index (χ4n) is 1.72. The first kappa shape index (κ1) is 11.8. The van der Waals surface area contributed by atoms with Gasteiger partial charge in [-0.05, 0) is 24.3 Å². The van der Waals surface area contributed by atoms with Crippen molar-refractivity contribution < 1.29 is 4.42 Å². The Hall–Kier alpha value is -2.27. The van der Waals surface area contributed by atoms with Gasteiger partial charge in [-0.2, -0.15) is 0 Å². The molecule has 19 heavy (non-hydrogen) atoms. The lowest BCUT2D eigenvalue weighted by Gasteiger charge is -2.19. The summed E-state index contributed by atoms with van der Waals surface area (Å²) in [5, 5.41) is 10.0. The molecule has 0 spiro atoms. The predicted octanol–water partition coefficient (Wildman–Crippen LogP) is 3.96. The van der Waals surface area contributed by atoms with Crippen LogP contribution in [0.4, 0.5) is 11.4 Å². The molecule has 1 aromatic heterocycles. The number of para-hydroxylation sites is 2. The summed E-state index contributed by atoms with van der Waals surface area (Å²) in [6.07, 6.45) is 2.53. The Bertz CT molecular complexity index is 551. The van der Waals surface area contributed by atoms with Crippen molar-refractivity contribution in [3.63, 3.8) is 0 Å². The molecule has 4 nitrogen and oxygen atoms in total. The molecule has 5 heteroatoms. The van der Waals surface area contributed by atoms with Crippen LogP contribution in [0.1, 0.15) is 0 Å². The molecule has 0 amide bonds. The van der Waals surface area contributed by atoms with Gasteiger partial charge in [0.25, 0.3) is 0 Å². The van der Waals surface area contributed by atoms with Gasteiger partial charge in [0, 0.05) is 9.79 Å². The first-order valence-electron chi connectivity index (χ1n) is 5.75. The van der Waals surface area contributed by atoms with Crippen molar-refractivity contribution in [2.45, 2.75) is 9.79 Å². The highest BCUT2D eigenvalue weighted by molar-refractivity contribution is 7.99. The third kappa shape index (κ3) is 2.77. The Morgan fingerprint density at radius 2 is 1.32 bits per heavy atom. The second-order valence-electron chi connectivity index (χ2n) is 3.80. The topological polar surface area (TPSA) is 51.0 Å². The molecule has 1 N–H and O–H groups in total. The van der Waals surface area contributed by atoms with E-state index in [0.717, 1.165) is 0 Å². The van der Waals surface area contributed by atoms with Crippen molar-refractivity contribution in [1.29, 1.82) is 0 Å². The number of aromatic nitrogens is 2. The fraction of sp³-hybridized carbons (Fsp3) is 0. The van der Waals surface area contributed by atoms with E-state index < -0.39 is 0 Å². The van der Waals surface area contributed by atoms with Gasteiger partial charge in [0.05, 0.1) is 11.4 Å². The van der Waals surface area contributed by atoms with Crippen LogP contribution >= 0.6 is 11.8 Å². The number of hydrogen-bond donors (Lipinski definition) is 1. The maximum Gasteiger partial charge on any atom is 0.203 e. The molecule has 2 heterocycles. The average molecular weight is 269 g/mol. The molecule has 3 aromatic rings. The zero-order valence-electron chi connectivity index (χ0n) is 9.98. The molecule has 2 aromatic carbocycles. The van der Waals surface area contributed by atoms with Gasteiger partial charge in [-0.1, -0.05) is 36.0 Å². The van der Waals surface area contributed by atoms with Gasteiger partial charge in [0.2, 0.25) is 12.8 Å². The second kappa shape index (κ2) is 5.58. The van der Waals surface area contributed by atoms with Gasteiger partial charge in [-0.25, -0.2) is 0 Å². The van der Waals surface area contributed by atoms with E-state index in [9.17, 15) is 0 Å². The van der Waals surface area contributed by atoms with Gasteiger partial charge >= 0.3 is 0 Å². The molecule has 0 aliphatic carbocycles. The van der Waals surface area contributed by atoms with E-state index in [1.807, 2.05) is 11.8 Å². The number of hydrogen-bond acceptors (Lipinski definition) is 5. The number of benzene rings is 2. The van der Waals surface area contributed by atoms with Gasteiger partial charge < -0.3 is 9.73 Å². The molecule has 0 atom stereocenters. The first-order chi connectivity index (χ1) is 9.43. The average Bonchev–Trinajstić information content (AvgIpc) is 3.04. The standard InChI is InChI=1S/C12H9NS.C2H2N2O/c1-3-7-11-9(5-1)13-10-6-2-4-8-12(10)14-11;1-3-4-2-5-1/h1-8,13H;1-2H. The number of fused-ring (bicyclic) bond motifs is 2. The third-order valence-electron chi connectivity index (χ3n) is 2.55. The first-order valence-corrected chi connectivity index (χ1v) is 6.57. The highest BCUT2D eigenvalue weighted by Gasteiger charge is 2.13. The monoisotopic (exact) mass is 269 g/mol. The quantitative estimate of drug-likeness (QED) is 0.523. The van der Waals surface area contributed by atoms with Crippen molar-refractivity contribution in [2.24, 2.45) is 0 Å². The summed E-state index contributed by atoms with van der Waals surface area (Å²) < 4.78 is 4.36. The summed E-state index contributed by atoms with van der Waals surface area (Å²) in [6.45, 7) is 0. The van der Waals surface area contributed by atoms with Crippen molar-refractivity contribution in [1.82, 2.24) is 10.2 Å². The van der Waals surface area contributed by atoms with Crippen LogP contribution in [-0.4, -0.2) is 10.2 Å². The minimum absolute atomic E-state index is 1.20. The SMILES string of the molecule is c1ccc2c(c1)Nc1ccccc1S2.c1nnco1. The Kier molecular flexibility index (Phi) is 3.47. The van der Waals surface area contributed by atoms with E-state index in [-0.39, 0.29) is 0 Å². The maximum absolute atomic E-state index is 4.36. The summed E-state index contributed by atoms with van der Waals surface area (Å²) in [6, 6.07) is 16.8. The molecule has 0 fully saturated rings. The minimum atomic E-state index is 1.20. The molecule has 0 unspecified atom stereocenters. The molecular weight excluding hydrogens is 258 g/mol. The molecule has 0 saturated heterocycles. The van der Waals surface area contributed by atoms with Gasteiger partial charge in [0.1, 0.15) is 0 Å². The van der Waals surface area contributed by atoms with E-state index >= 15 is 0 Å². The number of anilines is 2. The largest absolute Gasteiger partial charge is 0.431 e. The molecule has 0 saturated carbocycles. The zero-order chi connectivity index (χ0) is 12.9. The van der Waals surface area contributed by atoms with E-state index in [1.165, 1.54) is 34.0 Å². The van der Waals surface area contributed by atoms with Crippen molar-refractivity contribution >= 4 is 23.1 Å². The maximum atomic E-state index is 4.36. The molecule has 1 aliphatic heterocycles. The lowest BCUT2D eigenvalue weighted by atomic mass is 10.2. The molecule has 94 valence electrons. The minimum Gasteiger partial charge on any atom is -0.431 e. The molecule has 0 bridgehead atoms. The van der Waals surface area contributed by atoms with E-state index in [4.69, 9.17) is 0 Å². The van der Waals surface area contributed by atoms with Crippen LogP contribution in [0.15, 0.2) is 75.5 Å². The summed E-state index contributed by atoms with van der Waals surface area (Å²) in [5.41, 5.74) is 2.41. The van der Waals surface area contributed by atoms with Crippen LogP contribution in [0, 0.1) is 0 Å². The number of nitrogens with one attached hydrogen (secondary N) is 1. The smallest absolute Gasteiger partial charge is 0.203 e. The lowest BCUT2D eigenvalue weighted by Crippen LogP contribution is -1.98. The molecule has 0 radical (unpaired) electrons. The van der Waals surface area contributed by atoms with Crippen molar-refractivity contribution in [2.75, 3.05) is 5.32 Å². The summed E-state index contributed by atoms with van der Waals surface area (Å²) in [5.74, 6) is 0. The third-order valence-corrected chi connectivity index (χ3v) is 3.70. The number of rotatable bonds is 0. The highest BCUT2D eigenvalue weighted by atomic mass is 32.2. The van der Waals surface area contributed by atoms with Crippen LogP contribution in [-0.2, 0) is 0 Å². The van der Waals surface area contributed by atoms with Gasteiger partial charge in [-0.3, -0.25) is 0 Å². The van der Waals surface area contributed by atoms with Crippen molar-refractivity contribution in [3.8, 4) is 0 Å². The summed E-state index contributed by atoms with van der Waals surface area (Å²) in [4.78, 5) is 2.59. The fourth-order valence-corrected chi connectivity index (χ4v) is 2.71. The lowest BCUT2D eigenvalue weighted by molar-refractivity contribution is 0.553. The van der Waals surface area contributed by atoms with Crippen LogP contribution < -0.4 is 5.32 Å². The van der Waals surface area contributed by atoms with E-state index in [2.05, 4.69) is 68.5 Å². The van der Waals surface area contributed by atoms with Crippen molar-refractivity contribution in [3.05, 3.63) is 61.3 Å². The van der Waals surface area contributed by atoms with Crippen LogP contribution in [0.25, 0.3) is 0 Å². The Labute approximate surface area is 114 Å². The number of nitrogens with zero attached hydrogens (tertiary/aromatic N) is 2. The second-order valence-corrected chi connectivity index (χ2v) is 4.88. The van der Waals surface area contributed by atoms with Crippen LogP contribution in [0.2, 0.25) is 0 Å². The zero-order valence-corrected chi connectivity index (χ0v) is 10.8. The normalized spacial score (nSPS) is 11.4. The van der Waals surface area contributed by atoms with Crippen LogP contribution in [0.3, 0.4) is 0 Å². The van der Waals surface area contributed by atoms with E-state index in [1.54, 1.807) is 0 Å². The predicted molar refractivity (Wildman–Crippen MR) is 74.6 cm³/mol. The van der Waals surface area contributed by atoms with Crippen LogP contribution in [0.5, 0.6) is 0 Å².